The second kappa shape index (κ2) is 10.1. The molecular weight excluding hydrogens is 501 g/mol. The first-order valence-corrected chi connectivity index (χ1v) is 13.5. The van der Waals surface area contributed by atoms with Gasteiger partial charge in [0.25, 0.3) is 0 Å². The lowest BCUT2D eigenvalue weighted by Crippen LogP contribution is -2.47. The molecular formula is C27H37Cl2N3O4. The Morgan fingerprint density at radius 2 is 1.67 bits per heavy atom. The van der Waals surface area contributed by atoms with Crippen LogP contribution < -0.4 is 0 Å². The number of piperidine rings is 1. The molecule has 198 valence electrons. The van der Waals surface area contributed by atoms with E-state index in [4.69, 9.17) is 27.9 Å². The quantitative estimate of drug-likeness (QED) is 0.529. The molecule has 1 aromatic carbocycles. The van der Waals surface area contributed by atoms with Crippen LogP contribution >= 0.6 is 23.2 Å². The number of ether oxygens (including phenoxy) is 1. The summed E-state index contributed by atoms with van der Waals surface area (Å²) in [6.45, 7) is 9.66. The first-order valence-electron chi connectivity index (χ1n) is 12.8. The number of hydrogen-bond acceptors (Lipinski definition) is 4. The third-order valence-electron chi connectivity index (χ3n) is 7.80. The molecule has 0 bridgehead atoms. The Hall–Kier alpha value is -1.99. The van der Waals surface area contributed by atoms with Crippen molar-refractivity contribution in [2.45, 2.75) is 70.9 Å². The highest BCUT2D eigenvalue weighted by molar-refractivity contribution is 6.42. The summed E-state index contributed by atoms with van der Waals surface area (Å²) in [7, 11) is 1.72. The molecule has 36 heavy (non-hydrogen) atoms. The maximum atomic E-state index is 13.6. The summed E-state index contributed by atoms with van der Waals surface area (Å²) in [4.78, 5) is 44.6. The van der Waals surface area contributed by atoms with E-state index in [2.05, 4.69) is 0 Å². The molecule has 1 aromatic rings. The molecule has 2 atom stereocenters. The summed E-state index contributed by atoms with van der Waals surface area (Å²) < 4.78 is 5.62. The van der Waals surface area contributed by atoms with Gasteiger partial charge in [0, 0.05) is 50.5 Å². The maximum Gasteiger partial charge on any atom is 0.410 e. The first kappa shape index (κ1) is 27.1. The van der Waals surface area contributed by atoms with Crippen LogP contribution in [0.2, 0.25) is 10.0 Å². The Labute approximate surface area is 224 Å². The zero-order valence-corrected chi connectivity index (χ0v) is 23.4. The number of hydrogen-bond donors (Lipinski definition) is 0. The van der Waals surface area contributed by atoms with E-state index in [0.29, 0.717) is 49.1 Å². The fraction of sp³-hybridized carbons (Fsp3) is 0.667. The molecule has 0 aromatic heterocycles. The fourth-order valence-electron chi connectivity index (χ4n) is 5.27. The van der Waals surface area contributed by atoms with Gasteiger partial charge in [-0.25, -0.2) is 4.79 Å². The number of likely N-dealkylation sites (N-methyl/N-ethyl adjacent to an activating group) is 1. The van der Waals surface area contributed by atoms with Crippen LogP contribution in [0.5, 0.6) is 0 Å². The molecule has 2 unspecified atom stereocenters. The topological polar surface area (TPSA) is 70.2 Å². The van der Waals surface area contributed by atoms with Gasteiger partial charge in [0.2, 0.25) is 11.8 Å². The van der Waals surface area contributed by atoms with Gasteiger partial charge < -0.3 is 19.4 Å². The van der Waals surface area contributed by atoms with Gasteiger partial charge in [0.1, 0.15) is 5.60 Å². The Balaban J connectivity index is 1.48. The minimum absolute atomic E-state index is 0.0879. The molecule has 1 aliphatic carbocycles. The van der Waals surface area contributed by atoms with E-state index in [0.717, 1.165) is 18.4 Å². The molecule has 3 fully saturated rings. The Morgan fingerprint density at radius 3 is 2.22 bits per heavy atom. The van der Waals surface area contributed by atoms with E-state index in [9.17, 15) is 14.4 Å². The van der Waals surface area contributed by atoms with E-state index in [1.165, 1.54) is 0 Å². The lowest BCUT2D eigenvalue weighted by atomic mass is 9.93. The predicted octanol–water partition coefficient (Wildman–Crippen LogP) is 5.19. The molecule has 9 heteroatoms. The number of likely N-dealkylation sites (tertiary alicyclic amines) is 2. The zero-order valence-electron chi connectivity index (χ0n) is 21.9. The number of nitrogens with zero attached hydrogens (tertiary/aromatic N) is 3. The maximum absolute atomic E-state index is 13.6. The average molecular weight is 539 g/mol. The van der Waals surface area contributed by atoms with Crippen LogP contribution in [0.3, 0.4) is 0 Å². The summed E-state index contributed by atoms with van der Waals surface area (Å²) in [5, 5.41) is 0.906. The molecule has 0 radical (unpaired) electrons. The molecule has 3 aliphatic rings. The highest BCUT2D eigenvalue weighted by atomic mass is 35.5. The minimum atomic E-state index is -0.624. The van der Waals surface area contributed by atoms with Crippen LogP contribution in [0.1, 0.15) is 64.9 Å². The van der Waals surface area contributed by atoms with Crippen molar-refractivity contribution in [3.63, 3.8) is 0 Å². The van der Waals surface area contributed by atoms with Crippen LogP contribution in [0.25, 0.3) is 0 Å². The summed E-state index contributed by atoms with van der Waals surface area (Å²) in [5.74, 6) is 0.0667. The molecule has 3 amide bonds. The van der Waals surface area contributed by atoms with Crippen LogP contribution in [0.15, 0.2) is 18.2 Å². The Kier molecular flexibility index (Phi) is 7.55. The van der Waals surface area contributed by atoms with Gasteiger partial charge in [-0.2, -0.15) is 0 Å². The molecule has 2 heterocycles. The number of benzene rings is 1. The third-order valence-corrected chi connectivity index (χ3v) is 8.54. The van der Waals surface area contributed by atoms with Crippen molar-refractivity contribution in [2.24, 2.45) is 11.3 Å². The number of rotatable bonds is 4. The monoisotopic (exact) mass is 537 g/mol. The van der Waals surface area contributed by atoms with Crippen molar-refractivity contribution in [2.75, 3.05) is 33.2 Å². The summed E-state index contributed by atoms with van der Waals surface area (Å²) >= 11 is 12.5. The van der Waals surface area contributed by atoms with Crippen LogP contribution in [-0.4, -0.2) is 77.5 Å². The Morgan fingerprint density at radius 1 is 1.03 bits per heavy atom. The second-order valence-corrected chi connectivity index (χ2v) is 12.6. The summed E-state index contributed by atoms with van der Waals surface area (Å²) in [5.41, 5.74) is 0.123. The molecule has 4 rings (SSSR count). The van der Waals surface area contributed by atoms with Crippen LogP contribution in [0.4, 0.5) is 4.79 Å². The standard InChI is InChI=1S/C27H37Cl2N3O4/c1-26(2,3)36-25(35)30(5)22-16-32(15-19(22)18-6-7-20(28)21(29)14-18)23(33)17-8-12-31(13-9-17)24(34)27(4)10-11-27/h6-7,14,17,19,22H,8-13,15-16H2,1-5H3. The largest absolute Gasteiger partial charge is 0.444 e. The van der Waals surface area contributed by atoms with E-state index < -0.39 is 11.7 Å². The molecule has 1 saturated carbocycles. The molecule has 0 spiro atoms. The van der Waals surface area contributed by atoms with Gasteiger partial charge in [0.15, 0.2) is 0 Å². The molecule has 2 aliphatic heterocycles. The van der Waals surface area contributed by atoms with Crippen molar-refractivity contribution >= 4 is 41.1 Å². The lowest BCUT2D eigenvalue weighted by molar-refractivity contribution is -0.142. The fourth-order valence-corrected chi connectivity index (χ4v) is 5.58. The molecule has 2 saturated heterocycles. The smallest absolute Gasteiger partial charge is 0.410 e. The lowest BCUT2D eigenvalue weighted by Gasteiger charge is -2.34. The third kappa shape index (κ3) is 5.77. The highest BCUT2D eigenvalue weighted by Crippen LogP contribution is 2.47. The highest BCUT2D eigenvalue weighted by Gasteiger charge is 2.48. The van der Waals surface area contributed by atoms with Crippen molar-refractivity contribution in [3.05, 3.63) is 33.8 Å². The van der Waals surface area contributed by atoms with Crippen molar-refractivity contribution in [1.82, 2.24) is 14.7 Å². The zero-order chi connectivity index (χ0) is 26.4. The molecule has 0 N–H and O–H groups in total. The SMILES string of the molecule is CN(C(=O)OC(C)(C)C)C1CN(C(=O)C2CCN(C(=O)C3(C)CC3)CC2)CC1c1ccc(Cl)c(Cl)c1. The van der Waals surface area contributed by atoms with Gasteiger partial charge >= 0.3 is 6.09 Å². The number of amides is 3. The first-order chi connectivity index (χ1) is 16.8. The average Bonchev–Trinajstić information content (AvgIpc) is 3.42. The van der Waals surface area contributed by atoms with Gasteiger partial charge in [-0.3, -0.25) is 9.59 Å². The van der Waals surface area contributed by atoms with Crippen LogP contribution in [-0.2, 0) is 14.3 Å². The summed E-state index contributed by atoms with van der Waals surface area (Å²) in [6, 6.07) is 5.21. The number of carbonyl (C=O) groups is 3. The van der Waals surface area contributed by atoms with Crippen molar-refractivity contribution in [3.8, 4) is 0 Å². The van der Waals surface area contributed by atoms with E-state index >= 15 is 0 Å². The summed E-state index contributed by atoms with van der Waals surface area (Å²) in [6.07, 6.45) is 2.83. The van der Waals surface area contributed by atoms with E-state index in [-0.39, 0.29) is 35.1 Å². The van der Waals surface area contributed by atoms with Crippen LogP contribution in [0, 0.1) is 11.3 Å². The Bertz CT molecular complexity index is 1030. The van der Waals surface area contributed by atoms with E-state index in [1.54, 1.807) is 18.0 Å². The van der Waals surface area contributed by atoms with Crippen molar-refractivity contribution < 1.29 is 19.1 Å². The van der Waals surface area contributed by atoms with E-state index in [1.807, 2.05) is 49.6 Å². The van der Waals surface area contributed by atoms with Gasteiger partial charge in [-0.15, -0.1) is 0 Å². The molecule has 7 nitrogen and oxygen atoms in total. The van der Waals surface area contributed by atoms with Gasteiger partial charge in [0.05, 0.1) is 16.1 Å². The minimum Gasteiger partial charge on any atom is -0.444 e. The van der Waals surface area contributed by atoms with Crippen molar-refractivity contribution in [1.29, 1.82) is 0 Å². The normalized spacial score (nSPS) is 24.0. The van der Waals surface area contributed by atoms with Gasteiger partial charge in [-0.05, 0) is 64.2 Å². The second-order valence-electron chi connectivity index (χ2n) is 11.8. The van der Waals surface area contributed by atoms with Gasteiger partial charge in [-0.1, -0.05) is 36.2 Å². The number of carbonyl (C=O) groups excluding carboxylic acids is 3. The number of halogens is 2. The predicted molar refractivity (Wildman–Crippen MR) is 140 cm³/mol.